The number of rotatable bonds is 5. The first-order valence-electron chi connectivity index (χ1n) is 7.82. The van der Waals surface area contributed by atoms with Crippen molar-refractivity contribution >= 4 is 17.0 Å². The molecule has 0 aliphatic carbocycles. The molecule has 1 aliphatic heterocycles. The number of piperidine rings is 1. The van der Waals surface area contributed by atoms with E-state index in [0.29, 0.717) is 5.65 Å². The summed E-state index contributed by atoms with van der Waals surface area (Å²) in [6, 6.07) is 0. The third kappa shape index (κ3) is 3.50. The van der Waals surface area contributed by atoms with Crippen molar-refractivity contribution < 1.29 is 0 Å². The molecule has 3 rings (SSSR count). The van der Waals surface area contributed by atoms with E-state index < -0.39 is 0 Å². The van der Waals surface area contributed by atoms with Gasteiger partial charge in [0, 0.05) is 19.6 Å². The summed E-state index contributed by atoms with van der Waals surface area (Å²) >= 11 is 0. The molecule has 1 saturated heterocycles. The molecule has 2 N–H and O–H groups in total. The minimum atomic E-state index is 0.714. The second kappa shape index (κ2) is 6.39. The van der Waals surface area contributed by atoms with Crippen LogP contribution in [0.2, 0.25) is 0 Å². The fraction of sp³-hybridized carbons (Fsp3) is 0.667. The summed E-state index contributed by atoms with van der Waals surface area (Å²) < 4.78 is 0. The normalized spacial score (nSPS) is 23.5. The number of nitrogens with zero attached hydrogens (tertiary/aromatic N) is 4. The molecule has 1 fully saturated rings. The molecule has 114 valence electrons. The molecule has 21 heavy (non-hydrogen) atoms. The van der Waals surface area contributed by atoms with Crippen LogP contribution in [-0.4, -0.2) is 51.0 Å². The molecule has 2 aromatic heterocycles. The minimum absolute atomic E-state index is 0.714. The highest BCUT2D eigenvalue weighted by Gasteiger charge is 2.20. The molecule has 2 aromatic rings. The fourth-order valence-electron chi connectivity index (χ4n) is 3.38. The van der Waals surface area contributed by atoms with Crippen molar-refractivity contribution in [3.05, 3.63) is 12.7 Å². The molecule has 3 heterocycles. The quantitative estimate of drug-likeness (QED) is 0.825. The molecule has 0 aromatic carbocycles. The van der Waals surface area contributed by atoms with Crippen LogP contribution in [0.1, 0.15) is 26.7 Å². The lowest BCUT2D eigenvalue weighted by Crippen LogP contribution is -2.39. The molecule has 0 amide bonds. The highest BCUT2D eigenvalue weighted by atomic mass is 15.1. The summed E-state index contributed by atoms with van der Waals surface area (Å²) in [5.41, 5.74) is 1.60. The van der Waals surface area contributed by atoms with Crippen LogP contribution in [0.5, 0.6) is 0 Å². The second-order valence-corrected chi connectivity index (χ2v) is 6.31. The SMILES string of the molecule is C[C@@H]1C[C@@H](C)CN(CCCNc2ncnc3nc[nH]c23)C1. The monoisotopic (exact) mass is 288 g/mol. The molecule has 0 unspecified atom stereocenters. The second-order valence-electron chi connectivity index (χ2n) is 6.31. The Bertz CT molecular complexity index is 570. The van der Waals surface area contributed by atoms with E-state index in [1.54, 1.807) is 12.7 Å². The average molecular weight is 288 g/mol. The van der Waals surface area contributed by atoms with Gasteiger partial charge in [-0.2, -0.15) is 0 Å². The van der Waals surface area contributed by atoms with Gasteiger partial charge in [-0.1, -0.05) is 13.8 Å². The van der Waals surface area contributed by atoms with Gasteiger partial charge in [0.2, 0.25) is 0 Å². The lowest BCUT2D eigenvalue weighted by atomic mass is 9.92. The zero-order valence-electron chi connectivity index (χ0n) is 12.8. The van der Waals surface area contributed by atoms with E-state index in [0.717, 1.165) is 42.7 Å². The van der Waals surface area contributed by atoms with Crippen LogP contribution in [0.15, 0.2) is 12.7 Å². The predicted octanol–water partition coefficient (Wildman–Crippen LogP) is 2.13. The number of likely N-dealkylation sites (tertiary alicyclic amines) is 1. The van der Waals surface area contributed by atoms with E-state index in [9.17, 15) is 0 Å². The number of hydrogen-bond acceptors (Lipinski definition) is 5. The number of anilines is 1. The Kier molecular flexibility index (Phi) is 4.34. The van der Waals surface area contributed by atoms with Gasteiger partial charge in [-0.3, -0.25) is 0 Å². The smallest absolute Gasteiger partial charge is 0.182 e. The molecule has 2 atom stereocenters. The summed E-state index contributed by atoms with van der Waals surface area (Å²) in [6.45, 7) is 9.27. The van der Waals surface area contributed by atoms with Crippen LogP contribution in [0.4, 0.5) is 5.82 Å². The predicted molar refractivity (Wildman–Crippen MR) is 84.2 cm³/mol. The number of fused-ring (bicyclic) bond motifs is 1. The Labute approximate surface area is 125 Å². The topological polar surface area (TPSA) is 69.7 Å². The summed E-state index contributed by atoms with van der Waals surface area (Å²) in [7, 11) is 0. The van der Waals surface area contributed by atoms with Crippen molar-refractivity contribution in [3.8, 4) is 0 Å². The van der Waals surface area contributed by atoms with Gasteiger partial charge in [0.1, 0.15) is 11.8 Å². The summed E-state index contributed by atoms with van der Waals surface area (Å²) in [4.78, 5) is 18.2. The minimum Gasteiger partial charge on any atom is -0.368 e. The first-order valence-corrected chi connectivity index (χ1v) is 7.82. The third-order valence-electron chi connectivity index (χ3n) is 4.11. The van der Waals surface area contributed by atoms with Crippen molar-refractivity contribution in [1.82, 2.24) is 24.8 Å². The molecule has 0 radical (unpaired) electrons. The van der Waals surface area contributed by atoms with Gasteiger partial charge >= 0.3 is 0 Å². The van der Waals surface area contributed by atoms with Crippen LogP contribution in [0.25, 0.3) is 11.2 Å². The summed E-state index contributed by atoms with van der Waals surface area (Å²) in [5, 5.41) is 3.39. The number of imidazole rings is 1. The molecule has 6 nitrogen and oxygen atoms in total. The fourth-order valence-corrected chi connectivity index (χ4v) is 3.38. The van der Waals surface area contributed by atoms with Crippen LogP contribution in [0.3, 0.4) is 0 Å². The maximum absolute atomic E-state index is 4.28. The Morgan fingerprint density at radius 1 is 1.24 bits per heavy atom. The first kappa shape index (κ1) is 14.3. The van der Waals surface area contributed by atoms with Crippen molar-refractivity contribution in [2.75, 3.05) is 31.5 Å². The average Bonchev–Trinajstić information content (AvgIpc) is 2.91. The van der Waals surface area contributed by atoms with Crippen molar-refractivity contribution in [2.24, 2.45) is 11.8 Å². The Hall–Kier alpha value is -1.69. The summed E-state index contributed by atoms with van der Waals surface area (Å²) in [6.07, 6.45) is 5.70. The lowest BCUT2D eigenvalue weighted by Gasteiger charge is -2.34. The lowest BCUT2D eigenvalue weighted by molar-refractivity contribution is 0.141. The van der Waals surface area contributed by atoms with Gasteiger partial charge in [-0.05, 0) is 31.2 Å². The van der Waals surface area contributed by atoms with E-state index in [1.807, 2.05) is 0 Å². The molecular formula is C15H24N6. The largest absolute Gasteiger partial charge is 0.368 e. The van der Waals surface area contributed by atoms with E-state index in [-0.39, 0.29) is 0 Å². The van der Waals surface area contributed by atoms with E-state index >= 15 is 0 Å². The van der Waals surface area contributed by atoms with E-state index in [1.165, 1.54) is 19.5 Å². The Morgan fingerprint density at radius 2 is 2.05 bits per heavy atom. The highest BCUT2D eigenvalue weighted by molar-refractivity contribution is 5.81. The van der Waals surface area contributed by atoms with Gasteiger partial charge in [0.25, 0.3) is 0 Å². The van der Waals surface area contributed by atoms with Crippen LogP contribution in [0, 0.1) is 11.8 Å². The number of aromatic nitrogens is 4. The molecule has 0 saturated carbocycles. The first-order chi connectivity index (χ1) is 10.2. The Morgan fingerprint density at radius 3 is 2.86 bits per heavy atom. The van der Waals surface area contributed by atoms with Gasteiger partial charge in [0.15, 0.2) is 11.5 Å². The Balaban J connectivity index is 1.47. The highest BCUT2D eigenvalue weighted by Crippen LogP contribution is 2.21. The van der Waals surface area contributed by atoms with Gasteiger partial charge in [-0.15, -0.1) is 0 Å². The number of hydrogen-bond donors (Lipinski definition) is 2. The third-order valence-corrected chi connectivity index (χ3v) is 4.11. The number of aromatic amines is 1. The molecule has 0 spiro atoms. The van der Waals surface area contributed by atoms with Crippen LogP contribution >= 0.6 is 0 Å². The van der Waals surface area contributed by atoms with Crippen LogP contribution < -0.4 is 5.32 Å². The van der Waals surface area contributed by atoms with Crippen LogP contribution in [-0.2, 0) is 0 Å². The zero-order valence-corrected chi connectivity index (χ0v) is 12.8. The number of H-pyrrole nitrogens is 1. The maximum atomic E-state index is 4.28. The number of nitrogens with one attached hydrogen (secondary N) is 2. The van der Waals surface area contributed by atoms with Gasteiger partial charge in [0.05, 0.1) is 6.33 Å². The molecule has 1 aliphatic rings. The van der Waals surface area contributed by atoms with Crippen molar-refractivity contribution in [3.63, 3.8) is 0 Å². The molecular weight excluding hydrogens is 264 g/mol. The molecule has 0 bridgehead atoms. The maximum Gasteiger partial charge on any atom is 0.182 e. The van der Waals surface area contributed by atoms with Crippen molar-refractivity contribution in [1.29, 1.82) is 0 Å². The van der Waals surface area contributed by atoms with Gasteiger partial charge in [-0.25, -0.2) is 15.0 Å². The zero-order chi connectivity index (χ0) is 14.7. The standard InChI is InChI=1S/C15H24N6/c1-11-6-12(2)8-21(7-11)5-3-4-16-14-13-15(18-9-17-13)20-10-19-14/h9-12H,3-8H2,1-2H3,(H2,16,17,18,19,20)/t11-,12-/m1/s1. The van der Waals surface area contributed by atoms with E-state index in [2.05, 4.69) is 44.0 Å². The molecule has 6 heteroatoms. The van der Waals surface area contributed by atoms with Crippen molar-refractivity contribution in [2.45, 2.75) is 26.7 Å². The van der Waals surface area contributed by atoms with E-state index in [4.69, 9.17) is 0 Å². The summed E-state index contributed by atoms with van der Waals surface area (Å²) in [5.74, 6) is 2.50. The van der Waals surface area contributed by atoms with Gasteiger partial charge < -0.3 is 15.2 Å².